The van der Waals surface area contributed by atoms with E-state index in [0.717, 1.165) is 31.2 Å². The fourth-order valence-electron chi connectivity index (χ4n) is 4.87. The molecule has 12 heteroatoms. The summed E-state index contributed by atoms with van der Waals surface area (Å²) >= 11 is 0. The lowest BCUT2D eigenvalue weighted by Crippen LogP contribution is -2.43. The van der Waals surface area contributed by atoms with Gasteiger partial charge in [0.1, 0.15) is 17.5 Å². The lowest BCUT2D eigenvalue weighted by molar-refractivity contribution is 0.249. The highest BCUT2D eigenvalue weighted by Crippen LogP contribution is 2.28. The highest BCUT2D eigenvalue weighted by atomic mass is 32.2. The zero-order chi connectivity index (χ0) is 28.8. The molecule has 0 amide bonds. The average Bonchev–Trinajstić information content (AvgIpc) is 2.98. The highest BCUT2D eigenvalue weighted by molar-refractivity contribution is 7.89. The second-order valence-electron chi connectivity index (χ2n) is 10.0. The minimum atomic E-state index is -3.66. The molecule has 0 atom stereocenters. The molecule has 214 valence electrons. The second-order valence-corrected chi connectivity index (χ2v) is 12.0. The van der Waals surface area contributed by atoms with E-state index in [1.807, 2.05) is 12.1 Å². The smallest absolute Gasteiger partial charge is 0.243 e. The third kappa shape index (κ3) is 7.15. The first-order valence-electron chi connectivity index (χ1n) is 13.4. The molecule has 0 unspecified atom stereocenters. The van der Waals surface area contributed by atoms with Crippen molar-refractivity contribution >= 4 is 39.0 Å². The largest absolute Gasteiger partial charge is 0.383 e. The van der Waals surface area contributed by atoms with Gasteiger partial charge in [-0.15, -0.1) is 0 Å². The Labute approximate surface area is 239 Å². The molecule has 4 aromatic rings. The van der Waals surface area contributed by atoms with Gasteiger partial charge in [-0.05, 0) is 86.3 Å². The molecule has 10 nitrogen and oxygen atoms in total. The third-order valence-corrected chi connectivity index (χ3v) is 9.20. The van der Waals surface area contributed by atoms with E-state index in [0.29, 0.717) is 41.5 Å². The van der Waals surface area contributed by atoms with Crippen molar-refractivity contribution in [3.05, 3.63) is 90.5 Å². The highest BCUT2D eigenvalue weighted by Gasteiger charge is 2.31. The molecule has 1 fully saturated rings. The molecule has 2 aromatic heterocycles. The van der Waals surface area contributed by atoms with E-state index in [2.05, 4.69) is 30.9 Å². The Balaban J connectivity index is 1.15. The normalized spacial score (nSPS) is 17.3. The first-order chi connectivity index (χ1) is 19.8. The topological polar surface area (TPSA) is 138 Å². The number of aromatic nitrogens is 3. The number of halogens is 1. The van der Waals surface area contributed by atoms with Crippen molar-refractivity contribution < 1.29 is 12.8 Å². The summed E-state index contributed by atoms with van der Waals surface area (Å²) in [5.74, 6) is 1.07. The molecule has 5 N–H and O–H groups in total. The number of nitrogen functional groups attached to an aromatic ring is 1. The molecule has 0 aliphatic heterocycles. The third-order valence-electron chi connectivity index (χ3n) is 7.28. The van der Waals surface area contributed by atoms with Crippen LogP contribution < -0.4 is 21.7 Å². The van der Waals surface area contributed by atoms with Crippen molar-refractivity contribution in [3.63, 3.8) is 0 Å². The average molecular weight is 577 g/mol. The summed E-state index contributed by atoms with van der Waals surface area (Å²) in [5.41, 5.74) is 8.24. The zero-order valence-corrected chi connectivity index (χ0v) is 23.5. The summed E-state index contributed by atoms with van der Waals surface area (Å²) in [6.07, 6.45) is 6.57. The molecule has 1 saturated carbocycles. The lowest BCUT2D eigenvalue weighted by atomic mass is 9.91. The maximum atomic E-state index is 13.4. The molecule has 5 rings (SSSR count). The molecule has 1 aliphatic rings. The van der Waals surface area contributed by atoms with Gasteiger partial charge in [0, 0.05) is 55.0 Å². The summed E-state index contributed by atoms with van der Waals surface area (Å²) in [6, 6.07) is 18.3. The van der Waals surface area contributed by atoms with Gasteiger partial charge in [-0.2, -0.15) is 9.29 Å². The number of nitrogens with zero attached hydrogens (tertiary/aromatic N) is 4. The van der Waals surface area contributed by atoms with Gasteiger partial charge in [0.25, 0.3) is 0 Å². The number of nitrogens with one attached hydrogen (secondary N) is 3. The Kier molecular flexibility index (Phi) is 8.72. The van der Waals surface area contributed by atoms with Crippen LogP contribution in [0.1, 0.15) is 31.2 Å². The first-order valence-corrected chi connectivity index (χ1v) is 14.9. The van der Waals surface area contributed by atoms with Gasteiger partial charge >= 0.3 is 0 Å². The van der Waals surface area contributed by atoms with Gasteiger partial charge in [-0.25, -0.2) is 22.8 Å². The van der Waals surface area contributed by atoms with Crippen LogP contribution in [0.4, 0.5) is 33.3 Å². The summed E-state index contributed by atoms with van der Waals surface area (Å²) in [4.78, 5) is 13.0. The minimum absolute atomic E-state index is 0.0657. The number of pyridine rings is 1. The summed E-state index contributed by atoms with van der Waals surface area (Å²) in [6.45, 7) is 0.642. The molecule has 0 bridgehead atoms. The van der Waals surface area contributed by atoms with Crippen LogP contribution in [0.3, 0.4) is 0 Å². The summed E-state index contributed by atoms with van der Waals surface area (Å²) in [5, 5.41) is 9.72. The Morgan fingerprint density at radius 1 is 0.902 bits per heavy atom. The summed E-state index contributed by atoms with van der Waals surface area (Å²) in [7, 11) is -2.00. The van der Waals surface area contributed by atoms with Crippen LogP contribution >= 0.6 is 0 Å². The molecular weight excluding hydrogens is 543 g/mol. The second kappa shape index (κ2) is 12.6. The van der Waals surface area contributed by atoms with Crippen molar-refractivity contribution in [1.29, 1.82) is 0 Å². The van der Waals surface area contributed by atoms with Gasteiger partial charge in [0.15, 0.2) is 0 Å². The zero-order valence-electron chi connectivity index (χ0n) is 22.7. The Morgan fingerprint density at radius 2 is 1.59 bits per heavy atom. The van der Waals surface area contributed by atoms with Crippen LogP contribution in [-0.2, 0) is 16.6 Å². The van der Waals surface area contributed by atoms with E-state index >= 15 is 0 Å². The van der Waals surface area contributed by atoms with E-state index < -0.39 is 10.0 Å². The van der Waals surface area contributed by atoms with E-state index in [-0.39, 0.29) is 16.8 Å². The van der Waals surface area contributed by atoms with Crippen molar-refractivity contribution in [1.82, 2.24) is 24.6 Å². The van der Waals surface area contributed by atoms with Gasteiger partial charge in [0.2, 0.25) is 16.0 Å². The lowest BCUT2D eigenvalue weighted by Gasteiger charge is -2.34. The SMILES string of the molecule is CN(C1CCC(NCc2cccnc2N)CC1)S(=O)(=O)c1ccc(Nc2nccc(Nc3ccc(F)cc3)n2)cc1. The predicted molar refractivity (Wildman–Crippen MR) is 158 cm³/mol. The first kappa shape index (κ1) is 28.4. The van der Waals surface area contributed by atoms with Crippen LogP contribution in [0.2, 0.25) is 0 Å². The van der Waals surface area contributed by atoms with Gasteiger partial charge in [0.05, 0.1) is 4.90 Å². The molecule has 0 radical (unpaired) electrons. The van der Waals surface area contributed by atoms with Crippen molar-refractivity contribution in [2.75, 3.05) is 23.4 Å². The monoisotopic (exact) mass is 576 g/mol. The molecule has 41 heavy (non-hydrogen) atoms. The van der Waals surface area contributed by atoms with Crippen LogP contribution in [0, 0.1) is 5.82 Å². The number of anilines is 5. The fraction of sp³-hybridized carbons (Fsp3) is 0.276. The van der Waals surface area contributed by atoms with Crippen molar-refractivity contribution in [3.8, 4) is 0 Å². The van der Waals surface area contributed by atoms with Crippen LogP contribution in [0.15, 0.2) is 84.0 Å². The van der Waals surface area contributed by atoms with Crippen LogP contribution in [-0.4, -0.2) is 46.8 Å². The van der Waals surface area contributed by atoms with E-state index in [9.17, 15) is 12.8 Å². The maximum absolute atomic E-state index is 13.4. The predicted octanol–water partition coefficient (Wildman–Crippen LogP) is 4.80. The number of nitrogens with two attached hydrogens (primary N) is 1. The Morgan fingerprint density at radius 3 is 2.29 bits per heavy atom. The standard InChI is InChI=1S/C29H33FN8O2S/c1-38(25-12-8-22(9-13-25)34-19-20-3-2-17-32-28(20)31)41(39,40)26-14-10-24(11-15-26)36-29-33-18-16-27(37-29)35-23-6-4-21(30)5-7-23/h2-7,10-11,14-18,22,25,34H,8-9,12-13,19H2,1H3,(H2,31,32)(H2,33,35,36,37). The number of sulfonamides is 1. The molecule has 0 saturated heterocycles. The fourth-order valence-corrected chi connectivity index (χ4v) is 6.29. The Bertz CT molecular complexity index is 1560. The molecule has 0 spiro atoms. The molecule has 1 aliphatic carbocycles. The summed E-state index contributed by atoms with van der Waals surface area (Å²) < 4.78 is 41.4. The number of benzene rings is 2. The van der Waals surface area contributed by atoms with E-state index in [1.165, 1.54) is 16.4 Å². The van der Waals surface area contributed by atoms with Crippen molar-refractivity contribution in [2.24, 2.45) is 0 Å². The molecular formula is C29H33FN8O2S. The number of rotatable bonds is 10. The van der Waals surface area contributed by atoms with Gasteiger partial charge in [-0.1, -0.05) is 6.07 Å². The van der Waals surface area contributed by atoms with Crippen LogP contribution in [0.5, 0.6) is 0 Å². The molecule has 2 heterocycles. The van der Waals surface area contributed by atoms with E-state index in [4.69, 9.17) is 5.73 Å². The quantitative estimate of drug-likeness (QED) is 0.210. The minimum Gasteiger partial charge on any atom is -0.383 e. The van der Waals surface area contributed by atoms with Crippen molar-refractivity contribution in [2.45, 2.75) is 49.2 Å². The van der Waals surface area contributed by atoms with Crippen LogP contribution in [0.25, 0.3) is 0 Å². The van der Waals surface area contributed by atoms with E-state index in [1.54, 1.807) is 61.9 Å². The van der Waals surface area contributed by atoms with Gasteiger partial charge in [-0.3, -0.25) is 0 Å². The Hall–Kier alpha value is -4.13. The van der Waals surface area contributed by atoms with Gasteiger partial charge < -0.3 is 21.7 Å². The number of hydrogen-bond acceptors (Lipinski definition) is 9. The molecule has 2 aromatic carbocycles. The maximum Gasteiger partial charge on any atom is 0.243 e. The number of hydrogen-bond donors (Lipinski definition) is 4.